The van der Waals surface area contributed by atoms with Crippen molar-refractivity contribution in [1.82, 2.24) is 9.97 Å². The quantitative estimate of drug-likeness (QED) is 0.939. The fraction of sp³-hybridized carbons (Fsp3) is 0.600. The Hall–Kier alpha value is -1.20. The first-order valence-electron chi connectivity index (χ1n) is 7.22. The number of nitrogens with one attached hydrogen (secondary N) is 1. The Morgan fingerprint density at radius 1 is 1.30 bits per heavy atom. The van der Waals surface area contributed by atoms with Gasteiger partial charge in [-0.25, -0.2) is 9.97 Å². The molecule has 20 heavy (non-hydrogen) atoms. The van der Waals surface area contributed by atoms with Crippen molar-refractivity contribution in [1.29, 1.82) is 0 Å². The maximum Gasteiger partial charge on any atom is 0.138 e. The molecule has 108 valence electrons. The zero-order valence-corrected chi connectivity index (χ0v) is 13.1. The molecule has 0 aliphatic carbocycles. The molecule has 2 aromatic heterocycles. The highest BCUT2D eigenvalue weighted by atomic mass is 32.1. The molecule has 0 saturated carbocycles. The first-order chi connectivity index (χ1) is 9.66. The fourth-order valence-electron chi connectivity index (χ4n) is 2.84. The van der Waals surface area contributed by atoms with Gasteiger partial charge in [0.2, 0.25) is 0 Å². The van der Waals surface area contributed by atoms with Gasteiger partial charge < -0.3 is 10.1 Å². The minimum Gasteiger partial charge on any atom is -0.381 e. The number of ether oxygens (including phenoxy) is 1. The summed E-state index contributed by atoms with van der Waals surface area (Å²) in [6.45, 7) is 8.31. The summed E-state index contributed by atoms with van der Waals surface area (Å²) in [6.07, 6.45) is 3.92. The van der Waals surface area contributed by atoms with Gasteiger partial charge >= 0.3 is 0 Å². The lowest BCUT2D eigenvalue weighted by atomic mass is 9.93. The second-order valence-corrected chi connectivity index (χ2v) is 6.77. The molecule has 0 radical (unpaired) electrons. The lowest BCUT2D eigenvalue weighted by Gasteiger charge is -2.28. The van der Waals surface area contributed by atoms with Gasteiger partial charge in [0, 0.05) is 24.1 Å². The van der Waals surface area contributed by atoms with Gasteiger partial charge in [0.25, 0.3) is 0 Å². The van der Waals surface area contributed by atoms with Crippen LogP contribution < -0.4 is 5.32 Å². The topological polar surface area (TPSA) is 47.0 Å². The molecule has 1 atom stereocenters. The third-order valence-electron chi connectivity index (χ3n) is 4.30. The number of aryl methyl sites for hydroxylation is 2. The normalized spacial score (nSPS) is 18.4. The monoisotopic (exact) mass is 291 g/mol. The minimum atomic E-state index is 0.414. The molecule has 1 N–H and O–H groups in total. The van der Waals surface area contributed by atoms with Crippen LogP contribution in [0.25, 0.3) is 10.2 Å². The van der Waals surface area contributed by atoms with Crippen LogP contribution in [-0.2, 0) is 4.74 Å². The molecule has 4 nitrogen and oxygen atoms in total. The standard InChI is InChI=1S/C15H21N3OS/c1-9-11(3)20-15-13(9)14(16-8-17-15)18-10(2)12-4-6-19-7-5-12/h8,10,12H,4-7H2,1-3H3,(H,16,17,18). The van der Waals surface area contributed by atoms with Crippen molar-refractivity contribution >= 4 is 27.4 Å². The van der Waals surface area contributed by atoms with Crippen LogP contribution in [0.5, 0.6) is 0 Å². The summed E-state index contributed by atoms with van der Waals surface area (Å²) in [5, 5.41) is 4.80. The molecule has 1 unspecified atom stereocenters. The number of nitrogens with zero attached hydrogens (tertiary/aromatic N) is 2. The van der Waals surface area contributed by atoms with Crippen LogP contribution in [-0.4, -0.2) is 29.2 Å². The number of hydrogen-bond acceptors (Lipinski definition) is 5. The Bertz CT molecular complexity index is 604. The predicted octanol–water partition coefficient (Wildman–Crippen LogP) is 3.54. The van der Waals surface area contributed by atoms with E-state index in [1.54, 1.807) is 17.7 Å². The summed E-state index contributed by atoms with van der Waals surface area (Å²) in [6, 6.07) is 0.414. The molecule has 0 spiro atoms. The summed E-state index contributed by atoms with van der Waals surface area (Å²) >= 11 is 1.74. The van der Waals surface area contributed by atoms with E-state index < -0.39 is 0 Å². The van der Waals surface area contributed by atoms with Gasteiger partial charge in [-0.2, -0.15) is 0 Å². The molecule has 1 aliphatic heterocycles. The van der Waals surface area contributed by atoms with E-state index in [1.165, 1.54) is 15.8 Å². The van der Waals surface area contributed by atoms with Crippen molar-refractivity contribution in [2.75, 3.05) is 18.5 Å². The van der Waals surface area contributed by atoms with E-state index in [4.69, 9.17) is 4.74 Å². The van der Waals surface area contributed by atoms with Crippen LogP contribution in [0.2, 0.25) is 0 Å². The number of thiophene rings is 1. The summed E-state index contributed by atoms with van der Waals surface area (Å²) in [4.78, 5) is 11.3. The molecule has 3 rings (SSSR count). The third kappa shape index (κ3) is 2.52. The summed E-state index contributed by atoms with van der Waals surface area (Å²) < 4.78 is 5.44. The second kappa shape index (κ2) is 5.66. The Morgan fingerprint density at radius 2 is 2.05 bits per heavy atom. The van der Waals surface area contributed by atoms with Crippen molar-refractivity contribution in [3.8, 4) is 0 Å². The van der Waals surface area contributed by atoms with E-state index in [-0.39, 0.29) is 0 Å². The van der Waals surface area contributed by atoms with E-state index in [1.807, 2.05) is 0 Å². The van der Waals surface area contributed by atoms with E-state index in [0.29, 0.717) is 12.0 Å². The van der Waals surface area contributed by atoms with Crippen molar-refractivity contribution in [3.05, 3.63) is 16.8 Å². The summed E-state index contributed by atoms with van der Waals surface area (Å²) in [7, 11) is 0. The molecule has 2 aromatic rings. The van der Waals surface area contributed by atoms with Crippen LogP contribution in [0.4, 0.5) is 5.82 Å². The van der Waals surface area contributed by atoms with E-state index in [2.05, 4.69) is 36.1 Å². The molecule has 0 aromatic carbocycles. The molecule has 1 saturated heterocycles. The first kappa shape index (κ1) is 13.8. The fourth-order valence-corrected chi connectivity index (χ4v) is 3.84. The van der Waals surface area contributed by atoms with Crippen molar-refractivity contribution in [2.45, 2.75) is 39.7 Å². The Morgan fingerprint density at radius 3 is 2.80 bits per heavy atom. The van der Waals surface area contributed by atoms with Crippen molar-refractivity contribution in [2.24, 2.45) is 5.92 Å². The van der Waals surface area contributed by atoms with Crippen LogP contribution in [0.1, 0.15) is 30.2 Å². The van der Waals surface area contributed by atoms with Gasteiger partial charge in [0.1, 0.15) is 17.0 Å². The van der Waals surface area contributed by atoms with Gasteiger partial charge in [-0.1, -0.05) is 0 Å². The Labute approximate surface area is 123 Å². The lowest BCUT2D eigenvalue weighted by molar-refractivity contribution is 0.0622. The van der Waals surface area contributed by atoms with Gasteiger partial charge in [0.15, 0.2) is 0 Å². The highest BCUT2D eigenvalue weighted by Gasteiger charge is 2.22. The van der Waals surface area contributed by atoms with E-state index in [9.17, 15) is 0 Å². The average Bonchev–Trinajstić information content (AvgIpc) is 2.76. The van der Waals surface area contributed by atoms with E-state index >= 15 is 0 Å². The SMILES string of the molecule is Cc1sc2ncnc(NC(C)C3CCOCC3)c2c1C. The Kier molecular flexibility index (Phi) is 3.89. The van der Waals surface area contributed by atoms with Crippen LogP contribution in [0.15, 0.2) is 6.33 Å². The number of fused-ring (bicyclic) bond motifs is 1. The Balaban J connectivity index is 1.86. The number of anilines is 1. The van der Waals surface area contributed by atoms with Crippen LogP contribution in [0, 0.1) is 19.8 Å². The zero-order valence-electron chi connectivity index (χ0n) is 12.3. The maximum absolute atomic E-state index is 5.44. The third-order valence-corrected chi connectivity index (χ3v) is 5.42. The predicted molar refractivity (Wildman–Crippen MR) is 83.5 cm³/mol. The molecule has 0 bridgehead atoms. The van der Waals surface area contributed by atoms with Crippen LogP contribution in [0.3, 0.4) is 0 Å². The molecule has 5 heteroatoms. The molecule has 0 amide bonds. The van der Waals surface area contributed by atoms with Gasteiger partial charge in [-0.05, 0) is 45.1 Å². The average molecular weight is 291 g/mol. The summed E-state index contributed by atoms with van der Waals surface area (Å²) in [5.74, 6) is 1.64. The van der Waals surface area contributed by atoms with Crippen molar-refractivity contribution < 1.29 is 4.74 Å². The minimum absolute atomic E-state index is 0.414. The first-order valence-corrected chi connectivity index (χ1v) is 8.03. The highest BCUT2D eigenvalue weighted by Crippen LogP contribution is 2.33. The van der Waals surface area contributed by atoms with Gasteiger partial charge in [-0.3, -0.25) is 0 Å². The number of aromatic nitrogens is 2. The molecular formula is C15H21N3OS. The molecule has 1 aliphatic rings. The van der Waals surface area contributed by atoms with Crippen LogP contribution >= 0.6 is 11.3 Å². The van der Waals surface area contributed by atoms with Gasteiger partial charge in [0.05, 0.1) is 5.39 Å². The molecule has 1 fully saturated rings. The number of rotatable bonds is 3. The summed E-state index contributed by atoms with van der Waals surface area (Å²) in [5.41, 5.74) is 1.30. The van der Waals surface area contributed by atoms with Crippen molar-refractivity contribution in [3.63, 3.8) is 0 Å². The smallest absolute Gasteiger partial charge is 0.138 e. The molecule has 3 heterocycles. The van der Waals surface area contributed by atoms with Gasteiger partial charge in [-0.15, -0.1) is 11.3 Å². The number of hydrogen-bond donors (Lipinski definition) is 1. The second-order valence-electron chi connectivity index (χ2n) is 5.57. The maximum atomic E-state index is 5.44. The largest absolute Gasteiger partial charge is 0.381 e. The zero-order chi connectivity index (χ0) is 14.1. The lowest BCUT2D eigenvalue weighted by Crippen LogP contribution is -2.31. The van der Waals surface area contributed by atoms with E-state index in [0.717, 1.165) is 36.7 Å². The molecular weight excluding hydrogens is 270 g/mol. The highest BCUT2D eigenvalue weighted by molar-refractivity contribution is 7.18.